The normalized spacial score (nSPS) is 12.8. The first-order chi connectivity index (χ1) is 9.40. The second-order valence-corrected chi connectivity index (χ2v) is 5.22. The summed E-state index contributed by atoms with van der Waals surface area (Å²) >= 11 is 6.11. The molecule has 1 aromatic rings. The van der Waals surface area contributed by atoms with Gasteiger partial charge in [-0.2, -0.15) is 4.99 Å². The third-order valence-corrected chi connectivity index (χ3v) is 3.05. The predicted molar refractivity (Wildman–Crippen MR) is 86.2 cm³/mol. The van der Waals surface area contributed by atoms with Gasteiger partial charge in [-0.15, -0.1) is 0 Å². The van der Waals surface area contributed by atoms with Crippen LogP contribution in [0.5, 0.6) is 0 Å². The Morgan fingerprint density at radius 2 is 1.95 bits per heavy atom. The highest BCUT2D eigenvalue weighted by Gasteiger charge is 2.05. The molecule has 4 N–H and O–H groups in total. The number of benzene rings is 1. The Morgan fingerprint density at radius 3 is 2.55 bits per heavy atom. The van der Waals surface area contributed by atoms with Crippen LogP contribution in [0.4, 0.5) is 0 Å². The second kappa shape index (κ2) is 7.75. The summed E-state index contributed by atoms with van der Waals surface area (Å²) in [7, 11) is 1.86. The summed E-state index contributed by atoms with van der Waals surface area (Å²) in [4.78, 5) is 10.0. The Morgan fingerprint density at radius 1 is 1.30 bits per heavy atom. The zero-order chi connectivity index (χ0) is 15.1. The second-order valence-electron chi connectivity index (χ2n) is 4.81. The van der Waals surface area contributed by atoms with E-state index in [1.165, 1.54) is 0 Å². The summed E-state index contributed by atoms with van der Waals surface area (Å²) in [5, 5.41) is 0.761. The number of hydrogen-bond acceptors (Lipinski definition) is 1. The van der Waals surface area contributed by atoms with Crippen LogP contribution in [-0.2, 0) is 6.42 Å². The summed E-state index contributed by atoms with van der Waals surface area (Å²) in [5.74, 6) is 0.543. The van der Waals surface area contributed by atoms with E-state index in [9.17, 15) is 0 Å². The maximum atomic E-state index is 6.11. The molecular formula is C14H22ClN5. The highest BCUT2D eigenvalue weighted by atomic mass is 35.5. The largest absolute Gasteiger partial charge is 0.369 e. The van der Waals surface area contributed by atoms with Crippen molar-refractivity contribution in [2.24, 2.45) is 21.5 Å². The molecule has 0 aliphatic heterocycles. The minimum absolute atomic E-state index is 0.0972. The molecular weight excluding hydrogens is 274 g/mol. The monoisotopic (exact) mass is 295 g/mol. The van der Waals surface area contributed by atoms with Crippen molar-refractivity contribution in [1.82, 2.24) is 4.90 Å². The van der Waals surface area contributed by atoms with Gasteiger partial charge in [0.2, 0.25) is 5.96 Å². The Bertz CT molecular complexity index is 496. The lowest BCUT2D eigenvalue weighted by Gasteiger charge is -2.18. The van der Waals surface area contributed by atoms with Crippen LogP contribution in [0.3, 0.4) is 0 Å². The van der Waals surface area contributed by atoms with E-state index < -0.39 is 0 Å². The fourth-order valence-corrected chi connectivity index (χ4v) is 1.83. The highest BCUT2D eigenvalue weighted by Crippen LogP contribution is 2.15. The first-order valence-electron chi connectivity index (χ1n) is 6.52. The summed E-state index contributed by atoms with van der Waals surface area (Å²) in [6, 6.07) is 7.85. The van der Waals surface area contributed by atoms with Gasteiger partial charge in [0.25, 0.3) is 0 Å². The third-order valence-electron chi connectivity index (χ3n) is 2.69. The van der Waals surface area contributed by atoms with E-state index in [1.807, 2.05) is 50.1 Å². The van der Waals surface area contributed by atoms with Gasteiger partial charge in [0.05, 0.1) is 0 Å². The van der Waals surface area contributed by atoms with E-state index in [0.717, 1.165) is 17.0 Å². The number of halogens is 1. The van der Waals surface area contributed by atoms with Crippen LogP contribution in [0.25, 0.3) is 0 Å². The van der Waals surface area contributed by atoms with Crippen molar-refractivity contribution in [2.45, 2.75) is 26.3 Å². The molecule has 0 amide bonds. The molecule has 5 nitrogen and oxygen atoms in total. The molecule has 0 heterocycles. The van der Waals surface area contributed by atoms with Crippen LogP contribution < -0.4 is 11.5 Å². The summed E-state index contributed by atoms with van der Waals surface area (Å²) in [6.45, 7) is 4.56. The van der Waals surface area contributed by atoms with Gasteiger partial charge >= 0.3 is 0 Å². The highest BCUT2D eigenvalue weighted by molar-refractivity contribution is 6.31. The lowest BCUT2D eigenvalue weighted by Crippen LogP contribution is -2.37. The number of rotatable bonds is 4. The molecule has 0 saturated carbocycles. The summed E-state index contributed by atoms with van der Waals surface area (Å²) in [6.07, 6.45) is 0.785. The average molecular weight is 296 g/mol. The summed E-state index contributed by atoms with van der Waals surface area (Å²) in [5.41, 5.74) is 12.6. The number of nitrogens with zero attached hydrogens (tertiary/aromatic N) is 3. The Balaban J connectivity index is 2.60. The molecule has 0 spiro atoms. The van der Waals surface area contributed by atoms with Crippen LogP contribution in [0.2, 0.25) is 5.02 Å². The van der Waals surface area contributed by atoms with Gasteiger partial charge in [0.1, 0.15) is 0 Å². The zero-order valence-electron chi connectivity index (χ0n) is 12.2. The van der Waals surface area contributed by atoms with Gasteiger partial charge in [0.15, 0.2) is 5.96 Å². The molecule has 0 radical (unpaired) electrons. The molecule has 1 aromatic carbocycles. The van der Waals surface area contributed by atoms with Crippen molar-refractivity contribution in [3.05, 3.63) is 34.9 Å². The van der Waals surface area contributed by atoms with E-state index in [2.05, 4.69) is 9.98 Å². The SMILES string of the molecule is CC(C)N=C(N)N=C(N)N(C)CCc1ccccc1Cl. The van der Waals surface area contributed by atoms with Crippen LogP contribution in [-0.4, -0.2) is 36.5 Å². The zero-order valence-corrected chi connectivity index (χ0v) is 12.9. The molecule has 0 saturated heterocycles. The first kappa shape index (κ1) is 16.3. The molecule has 0 fully saturated rings. The molecule has 110 valence electrons. The lowest BCUT2D eigenvalue weighted by atomic mass is 10.1. The predicted octanol–water partition coefficient (Wildman–Crippen LogP) is 1.85. The fraction of sp³-hybridized carbons (Fsp3) is 0.429. The van der Waals surface area contributed by atoms with Crippen LogP contribution >= 0.6 is 11.6 Å². The number of nitrogens with two attached hydrogens (primary N) is 2. The van der Waals surface area contributed by atoms with Gasteiger partial charge in [-0.1, -0.05) is 29.8 Å². The smallest absolute Gasteiger partial charge is 0.218 e. The van der Waals surface area contributed by atoms with Crippen molar-refractivity contribution in [2.75, 3.05) is 13.6 Å². The molecule has 1 rings (SSSR count). The summed E-state index contributed by atoms with van der Waals surface area (Å²) < 4.78 is 0. The van der Waals surface area contributed by atoms with E-state index in [-0.39, 0.29) is 12.0 Å². The minimum atomic E-state index is 0.0972. The number of hydrogen-bond donors (Lipinski definition) is 2. The van der Waals surface area contributed by atoms with E-state index in [1.54, 1.807) is 0 Å². The topological polar surface area (TPSA) is 80.0 Å². The van der Waals surface area contributed by atoms with Crippen LogP contribution in [0, 0.1) is 0 Å². The molecule has 6 heteroatoms. The Kier molecular flexibility index (Phi) is 6.31. The van der Waals surface area contributed by atoms with Gasteiger partial charge < -0.3 is 16.4 Å². The molecule has 0 aliphatic carbocycles. The van der Waals surface area contributed by atoms with Gasteiger partial charge in [0, 0.05) is 24.7 Å². The van der Waals surface area contributed by atoms with Crippen molar-refractivity contribution in [3.63, 3.8) is 0 Å². The first-order valence-corrected chi connectivity index (χ1v) is 6.90. The molecule has 0 aromatic heterocycles. The molecule has 0 aliphatic rings. The van der Waals surface area contributed by atoms with E-state index in [4.69, 9.17) is 23.1 Å². The number of guanidine groups is 2. The third kappa shape index (κ3) is 5.48. The number of aliphatic imine (C=N–C) groups is 2. The number of likely N-dealkylation sites (N-methyl/N-ethyl adjacent to an activating group) is 1. The van der Waals surface area contributed by atoms with Gasteiger partial charge in [-0.05, 0) is 31.9 Å². The van der Waals surface area contributed by atoms with Crippen molar-refractivity contribution >= 4 is 23.5 Å². The lowest BCUT2D eigenvalue weighted by molar-refractivity contribution is 0.503. The molecule has 0 bridgehead atoms. The van der Waals surface area contributed by atoms with Gasteiger partial charge in [-0.25, -0.2) is 4.99 Å². The quantitative estimate of drug-likeness (QED) is 0.657. The van der Waals surface area contributed by atoms with Crippen molar-refractivity contribution in [3.8, 4) is 0 Å². The van der Waals surface area contributed by atoms with Crippen LogP contribution in [0.1, 0.15) is 19.4 Å². The molecule has 0 unspecified atom stereocenters. The minimum Gasteiger partial charge on any atom is -0.369 e. The maximum Gasteiger partial charge on any atom is 0.218 e. The average Bonchev–Trinajstić information content (AvgIpc) is 2.36. The van der Waals surface area contributed by atoms with Crippen molar-refractivity contribution in [1.29, 1.82) is 0 Å². The Labute approximate surface area is 125 Å². The van der Waals surface area contributed by atoms with E-state index >= 15 is 0 Å². The standard InChI is InChI=1S/C14H22ClN5/c1-10(2)18-13(16)19-14(17)20(3)9-8-11-6-4-5-7-12(11)15/h4-7,10H,8-9H2,1-3H3,(H4,16,17,18,19). The van der Waals surface area contributed by atoms with Crippen LogP contribution in [0.15, 0.2) is 34.3 Å². The van der Waals surface area contributed by atoms with Crippen molar-refractivity contribution < 1.29 is 0 Å². The maximum absolute atomic E-state index is 6.11. The molecule has 20 heavy (non-hydrogen) atoms. The van der Waals surface area contributed by atoms with Gasteiger partial charge in [-0.3, -0.25) is 0 Å². The fourth-order valence-electron chi connectivity index (χ4n) is 1.60. The molecule has 0 atom stereocenters. The Hall–Kier alpha value is -1.75. The van der Waals surface area contributed by atoms with E-state index in [0.29, 0.717) is 12.5 Å².